The average molecular weight is 286 g/mol. The van der Waals surface area contributed by atoms with Crippen LogP contribution in [0.4, 0.5) is 5.82 Å². The lowest BCUT2D eigenvalue weighted by molar-refractivity contribution is 1.11. The Balaban J connectivity index is 2.03. The van der Waals surface area contributed by atoms with Gasteiger partial charge in [-0.3, -0.25) is 5.10 Å². The van der Waals surface area contributed by atoms with Crippen LogP contribution in [0.15, 0.2) is 66.7 Å². The van der Waals surface area contributed by atoms with E-state index in [1.54, 1.807) is 0 Å². The highest BCUT2D eigenvalue weighted by molar-refractivity contribution is 6.01. The molecule has 0 fully saturated rings. The highest BCUT2D eigenvalue weighted by Gasteiger charge is 2.14. The largest absolute Gasteiger partial charge is 0.383 e. The Labute approximate surface area is 127 Å². The van der Waals surface area contributed by atoms with Crippen molar-refractivity contribution in [2.45, 2.75) is 0 Å². The molecule has 4 aromatic rings. The van der Waals surface area contributed by atoms with Gasteiger partial charge in [0, 0.05) is 5.56 Å². The topological polar surface area (TPSA) is 67.6 Å². The number of pyridine rings is 1. The van der Waals surface area contributed by atoms with E-state index in [1.807, 2.05) is 48.5 Å². The zero-order valence-corrected chi connectivity index (χ0v) is 11.8. The molecule has 4 heteroatoms. The van der Waals surface area contributed by atoms with Gasteiger partial charge in [0.1, 0.15) is 5.82 Å². The van der Waals surface area contributed by atoms with E-state index in [0.29, 0.717) is 11.5 Å². The number of anilines is 1. The summed E-state index contributed by atoms with van der Waals surface area (Å²) < 4.78 is 0. The summed E-state index contributed by atoms with van der Waals surface area (Å²) in [4.78, 5) is 4.63. The maximum Gasteiger partial charge on any atom is 0.184 e. The summed E-state index contributed by atoms with van der Waals surface area (Å²) in [5.41, 5.74) is 10.8. The van der Waals surface area contributed by atoms with Crippen molar-refractivity contribution in [3.05, 3.63) is 66.7 Å². The van der Waals surface area contributed by atoms with E-state index in [9.17, 15) is 0 Å². The van der Waals surface area contributed by atoms with E-state index >= 15 is 0 Å². The second kappa shape index (κ2) is 5.00. The van der Waals surface area contributed by atoms with Crippen LogP contribution in [0.1, 0.15) is 0 Å². The van der Waals surface area contributed by atoms with Crippen molar-refractivity contribution in [1.29, 1.82) is 0 Å². The molecule has 0 saturated heterocycles. The minimum atomic E-state index is 0.543. The lowest BCUT2D eigenvalue weighted by Gasteiger charge is -2.07. The fourth-order valence-corrected chi connectivity index (χ4v) is 2.65. The molecule has 4 rings (SSSR count). The third kappa shape index (κ3) is 2.02. The smallest absolute Gasteiger partial charge is 0.184 e. The fraction of sp³-hybridized carbons (Fsp3) is 0. The molecular formula is C18H14N4. The van der Waals surface area contributed by atoms with E-state index in [1.165, 1.54) is 0 Å². The van der Waals surface area contributed by atoms with E-state index in [2.05, 4.69) is 33.4 Å². The quantitative estimate of drug-likeness (QED) is 0.587. The molecule has 2 aromatic heterocycles. The van der Waals surface area contributed by atoms with E-state index < -0.39 is 0 Å². The average Bonchev–Trinajstić information content (AvgIpc) is 2.97. The second-order valence-electron chi connectivity index (χ2n) is 5.12. The van der Waals surface area contributed by atoms with Crippen LogP contribution in [-0.2, 0) is 0 Å². The summed E-state index contributed by atoms with van der Waals surface area (Å²) in [6, 6.07) is 22.3. The molecule has 106 valence electrons. The summed E-state index contributed by atoms with van der Waals surface area (Å²) in [5, 5.41) is 7.93. The lowest BCUT2D eigenvalue weighted by atomic mass is 10.0. The van der Waals surface area contributed by atoms with Crippen LogP contribution in [0.3, 0.4) is 0 Å². The van der Waals surface area contributed by atoms with Gasteiger partial charge in [0.05, 0.1) is 11.1 Å². The summed E-state index contributed by atoms with van der Waals surface area (Å²) in [6.07, 6.45) is 0. The second-order valence-corrected chi connectivity index (χ2v) is 5.12. The molecule has 0 spiro atoms. The third-order valence-corrected chi connectivity index (χ3v) is 3.71. The molecule has 0 unspecified atom stereocenters. The number of benzene rings is 2. The number of aromatic amines is 1. The van der Waals surface area contributed by atoms with Gasteiger partial charge in [0.15, 0.2) is 5.65 Å². The third-order valence-electron chi connectivity index (χ3n) is 3.71. The molecule has 2 aromatic carbocycles. The Kier molecular flexibility index (Phi) is 2.86. The normalized spacial score (nSPS) is 10.9. The SMILES string of the molecule is Nc1[nH]nc2nc(-c3ccccc3)cc(-c3ccccc3)c12. The van der Waals surface area contributed by atoms with Gasteiger partial charge in [-0.25, -0.2) is 4.98 Å². The predicted octanol–water partition coefficient (Wildman–Crippen LogP) is 3.87. The van der Waals surface area contributed by atoms with Crippen LogP contribution in [-0.4, -0.2) is 15.2 Å². The van der Waals surface area contributed by atoms with Crippen molar-refractivity contribution in [3.8, 4) is 22.4 Å². The Morgan fingerprint density at radius 2 is 1.45 bits per heavy atom. The highest BCUT2D eigenvalue weighted by Crippen LogP contribution is 2.33. The molecule has 22 heavy (non-hydrogen) atoms. The first-order chi connectivity index (χ1) is 10.8. The summed E-state index contributed by atoms with van der Waals surface area (Å²) in [5.74, 6) is 0.543. The van der Waals surface area contributed by atoms with Crippen LogP contribution in [0.5, 0.6) is 0 Å². The van der Waals surface area contributed by atoms with E-state index in [4.69, 9.17) is 5.73 Å². The Morgan fingerprint density at radius 3 is 2.14 bits per heavy atom. The Bertz CT molecular complexity index is 927. The van der Waals surface area contributed by atoms with E-state index in [-0.39, 0.29) is 0 Å². The maximum atomic E-state index is 6.05. The fourth-order valence-electron chi connectivity index (χ4n) is 2.65. The van der Waals surface area contributed by atoms with Gasteiger partial charge in [0.2, 0.25) is 0 Å². The minimum absolute atomic E-state index is 0.543. The number of fused-ring (bicyclic) bond motifs is 1. The molecule has 2 heterocycles. The first-order valence-corrected chi connectivity index (χ1v) is 7.08. The number of nitrogens with one attached hydrogen (secondary N) is 1. The molecule has 0 bridgehead atoms. The van der Waals surface area contributed by atoms with Crippen LogP contribution >= 0.6 is 0 Å². The zero-order valence-electron chi connectivity index (χ0n) is 11.8. The molecule has 3 N–H and O–H groups in total. The summed E-state index contributed by atoms with van der Waals surface area (Å²) in [6.45, 7) is 0. The lowest BCUT2D eigenvalue weighted by Crippen LogP contribution is -1.91. The minimum Gasteiger partial charge on any atom is -0.383 e. The van der Waals surface area contributed by atoms with E-state index in [0.717, 1.165) is 27.8 Å². The Hall–Kier alpha value is -3.14. The van der Waals surface area contributed by atoms with Crippen molar-refractivity contribution in [3.63, 3.8) is 0 Å². The van der Waals surface area contributed by atoms with Crippen LogP contribution in [0.2, 0.25) is 0 Å². The number of rotatable bonds is 2. The highest BCUT2D eigenvalue weighted by atomic mass is 15.2. The molecule has 0 amide bonds. The van der Waals surface area contributed by atoms with Gasteiger partial charge in [-0.05, 0) is 17.2 Å². The first kappa shape index (κ1) is 12.6. The van der Waals surface area contributed by atoms with Crippen molar-refractivity contribution in [2.24, 2.45) is 0 Å². The molecule has 0 aliphatic heterocycles. The van der Waals surface area contributed by atoms with Crippen molar-refractivity contribution in [1.82, 2.24) is 15.2 Å². The molecule has 0 saturated carbocycles. The van der Waals surface area contributed by atoms with Crippen molar-refractivity contribution in [2.75, 3.05) is 5.73 Å². The van der Waals surface area contributed by atoms with Crippen LogP contribution < -0.4 is 5.73 Å². The monoisotopic (exact) mass is 286 g/mol. The van der Waals surface area contributed by atoms with Crippen LogP contribution in [0, 0.1) is 0 Å². The number of nitrogens with zero attached hydrogens (tertiary/aromatic N) is 2. The maximum absolute atomic E-state index is 6.05. The van der Waals surface area contributed by atoms with Gasteiger partial charge < -0.3 is 5.73 Å². The van der Waals surface area contributed by atoms with Crippen molar-refractivity contribution >= 4 is 16.9 Å². The molecule has 0 atom stereocenters. The van der Waals surface area contributed by atoms with Gasteiger partial charge in [0.25, 0.3) is 0 Å². The molecule has 0 aliphatic rings. The first-order valence-electron chi connectivity index (χ1n) is 7.08. The number of aromatic nitrogens is 3. The zero-order chi connectivity index (χ0) is 14.9. The number of hydrogen-bond donors (Lipinski definition) is 2. The number of hydrogen-bond acceptors (Lipinski definition) is 3. The van der Waals surface area contributed by atoms with Gasteiger partial charge in [-0.1, -0.05) is 60.7 Å². The summed E-state index contributed by atoms with van der Waals surface area (Å²) >= 11 is 0. The predicted molar refractivity (Wildman–Crippen MR) is 89.2 cm³/mol. The van der Waals surface area contributed by atoms with Gasteiger partial charge >= 0.3 is 0 Å². The standard InChI is InChI=1S/C18H14N4/c19-17-16-14(12-7-3-1-4-8-12)11-15(20-18(16)22-21-17)13-9-5-2-6-10-13/h1-11H,(H3,19,20,21,22). The van der Waals surface area contributed by atoms with Crippen molar-refractivity contribution < 1.29 is 0 Å². The number of nitrogens with two attached hydrogens (primary N) is 1. The summed E-state index contributed by atoms with van der Waals surface area (Å²) in [7, 11) is 0. The van der Waals surface area contributed by atoms with Crippen LogP contribution in [0.25, 0.3) is 33.4 Å². The number of nitrogen functional groups attached to an aromatic ring is 1. The Morgan fingerprint density at radius 1 is 0.818 bits per heavy atom. The number of H-pyrrole nitrogens is 1. The van der Waals surface area contributed by atoms with Gasteiger partial charge in [-0.15, -0.1) is 0 Å². The molecule has 0 aliphatic carbocycles. The molecule has 4 nitrogen and oxygen atoms in total. The molecular weight excluding hydrogens is 272 g/mol. The van der Waals surface area contributed by atoms with Gasteiger partial charge in [-0.2, -0.15) is 5.10 Å². The molecule has 0 radical (unpaired) electrons.